The van der Waals surface area contributed by atoms with Crippen molar-refractivity contribution in [3.05, 3.63) is 35.6 Å². The highest BCUT2D eigenvalue weighted by Crippen LogP contribution is 2.17. The molecule has 100 valence electrons. The zero-order valence-corrected chi connectivity index (χ0v) is 10.4. The van der Waals surface area contributed by atoms with Crippen molar-refractivity contribution in [2.45, 2.75) is 38.5 Å². The molecule has 0 fully saturated rings. The predicted molar refractivity (Wildman–Crippen MR) is 65.7 cm³/mol. The van der Waals surface area contributed by atoms with Crippen molar-refractivity contribution in [1.82, 2.24) is 5.32 Å². The normalized spacial score (nSPS) is 16.0. The first-order valence-electron chi connectivity index (χ1n) is 5.88. The summed E-state index contributed by atoms with van der Waals surface area (Å²) in [5.41, 5.74) is 0.552. The Hall–Kier alpha value is -1.46. The minimum atomic E-state index is -0.948. The highest BCUT2D eigenvalue weighted by molar-refractivity contribution is 5.73. The number of rotatable bonds is 6. The van der Waals surface area contributed by atoms with Crippen LogP contribution in [0.3, 0.4) is 0 Å². The average Bonchev–Trinajstić information content (AvgIpc) is 2.35. The average molecular weight is 255 g/mol. The second kappa shape index (κ2) is 6.47. The van der Waals surface area contributed by atoms with Gasteiger partial charge in [0.1, 0.15) is 11.9 Å². The summed E-state index contributed by atoms with van der Waals surface area (Å²) in [5, 5.41) is 21.8. The molecule has 1 aromatic rings. The smallest absolute Gasteiger partial charge is 0.320 e. The molecule has 3 N–H and O–H groups in total. The summed E-state index contributed by atoms with van der Waals surface area (Å²) in [6, 6.07) is 4.37. The lowest BCUT2D eigenvalue weighted by atomic mass is 10.0. The Kier molecular flexibility index (Phi) is 5.25. The number of aliphatic hydroxyl groups excluding tert-OH is 1. The van der Waals surface area contributed by atoms with Crippen LogP contribution >= 0.6 is 0 Å². The Balaban J connectivity index is 2.68. The largest absolute Gasteiger partial charge is 0.480 e. The molecular formula is C13H18FNO3. The van der Waals surface area contributed by atoms with Gasteiger partial charge in [0.25, 0.3) is 0 Å². The monoisotopic (exact) mass is 255 g/mol. The van der Waals surface area contributed by atoms with E-state index >= 15 is 0 Å². The van der Waals surface area contributed by atoms with Crippen molar-refractivity contribution in [2.24, 2.45) is 0 Å². The van der Waals surface area contributed by atoms with Gasteiger partial charge in [0.15, 0.2) is 0 Å². The van der Waals surface area contributed by atoms with Crippen LogP contribution in [0.4, 0.5) is 4.39 Å². The molecule has 3 unspecified atom stereocenters. The first-order valence-corrected chi connectivity index (χ1v) is 5.88. The van der Waals surface area contributed by atoms with Crippen LogP contribution in [0.15, 0.2) is 24.3 Å². The Labute approximate surface area is 105 Å². The van der Waals surface area contributed by atoms with Gasteiger partial charge in [0.2, 0.25) is 0 Å². The Morgan fingerprint density at radius 3 is 2.39 bits per heavy atom. The number of nitrogens with one attached hydrogen (secondary N) is 1. The van der Waals surface area contributed by atoms with E-state index in [1.54, 1.807) is 13.8 Å². The molecule has 0 saturated heterocycles. The fourth-order valence-corrected chi connectivity index (χ4v) is 1.72. The number of carboxylic acids is 1. The van der Waals surface area contributed by atoms with E-state index in [2.05, 4.69) is 5.32 Å². The van der Waals surface area contributed by atoms with E-state index in [4.69, 9.17) is 5.11 Å². The highest BCUT2D eigenvalue weighted by Gasteiger charge is 2.22. The molecule has 0 aliphatic rings. The number of benzene rings is 1. The lowest BCUT2D eigenvalue weighted by Gasteiger charge is -2.24. The van der Waals surface area contributed by atoms with Gasteiger partial charge in [-0.3, -0.25) is 10.1 Å². The maximum Gasteiger partial charge on any atom is 0.320 e. The van der Waals surface area contributed by atoms with E-state index in [0.29, 0.717) is 12.0 Å². The van der Waals surface area contributed by atoms with E-state index < -0.39 is 24.2 Å². The van der Waals surface area contributed by atoms with Crippen LogP contribution in [0.5, 0.6) is 0 Å². The van der Waals surface area contributed by atoms with Crippen molar-refractivity contribution < 1.29 is 19.4 Å². The summed E-state index contributed by atoms with van der Waals surface area (Å²) in [5.74, 6) is -1.32. The van der Waals surface area contributed by atoms with E-state index in [-0.39, 0.29) is 5.82 Å². The number of halogens is 1. The van der Waals surface area contributed by atoms with Gasteiger partial charge in [-0.15, -0.1) is 0 Å². The summed E-state index contributed by atoms with van der Waals surface area (Å²) in [4.78, 5) is 10.9. The van der Waals surface area contributed by atoms with Crippen LogP contribution < -0.4 is 5.32 Å². The summed E-state index contributed by atoms with van der Waals surface area (Å²) >= 11 is 0. The first-order chi connectivity index (χ1) is 8.45. The Morgan fingerprint density at radius 2 is 1.94 bits per heavy atom. The molecule has 1 aromatic carbocycles. The lowest BCUT2D eigenvalue weighted by Crippen LogP contribution is -2.44. The Morgan fingerprint density at radius 1 is 1.39 bits per heavy atom. The maximum absolute atomic E-state index is 12.7. The van der Waals surface area contributed by atoms with Gasteiger partial charge in [-0.1, -0.05) is 19.1 Å². The number of aliphatic hydroxyl groups is 1. The third kappa shape index (κ3) is 3.78. The molecular weight excluding hydrogens is 237 g/mol. The van der Waals surface area contributed by atoms with Gasteiger partial charge < -0.3 is 10.2 Å². The Bertz CT molecular complexity index is 394. The van der Waals surface area contributed by atoms with E-state index in [1.807, 2.05) is 0 Å². The third-order valence-corrected chi connectivity index (χ3v) is 2.86. The molecule has 0 aliphatic carbocycles. The van der Waals surface area contributed by atoms with Gasteiger partial charge in [0.05, 0.1) is 6.10 Å². The zero-order valence-electron chi connectivity index (χ0n) is 10.4. The topological polar surface area (TPSA) is 69.6 Å². The molecule has 0 aromatic heterocycles. The van der Waals surface area contributed by atoms with Crippen LogP contribution in [0.1, 0.15) is 31.9 Å². The standard InChI is InChI=1S/C13H18FNO3/c1-3-11(13(17)18)15-8(2)12(16)9-4-6-10(14)7-5-9/h4-8,11-12,15-16H,3H2,1-2H3,(H,17,18). The molecule has 0 heterocycles. The van der Waals surface area contributed by atoms with Gasteiger partial charge in [-0.05, 0) is 31.0 Å². The van der Waals surface area contributed by atoms with Crippen molar-refractivity contribution in [1.29, 1.82) is 0 Å². The van der Waals surface area contributed by atoms with Crippen molar-refractivity contribution in [3.63, 3.8) is 0 Å². The third-order valence-electron chi connectivity index (χ3n) is 2.86. The van der Waals surface area contributed by atoms with E-state index in [1.165, 1.54) is 24.3 Å². The molecule has 3 atom stereocenters. The number of aliphatic carboxylic acids is 1. The van der Waals surface area contributed by atoms with Crippen LogP contribution in [-0.2, 0) is 4.79 Å². The minimum absolute atomic E-state index is 0.372. The van der Waals surface area contributed by atoms with Crippen molar-refractivity contribution >= 4 is 5.97 Å². The lowest BCUT2D eigenvalue weighted by molar-refractivity contribution is -0.140. The molecule has 0 saturated carbocycles. The number of hydrogen-bond acceptors (Lipinski definition) is 3. The van der Waals surface area contributed by atoms with E-state index in [0.717, 1.165) is 0 Å². The molecule has 5 heteroatoms. The van der Waals surface area contributed by atoms with Crippen LogP contribution in [0.25, 0.3) is 0 Å². The first kappa shape index (κ1) is 14.6. The molecule has 0 bridgehead atoms. The zero-order chi connectivity index (χ0) is 13.7. The summed E-state index contributed by atoms with van der Waals surface area (Å²) < 4.78 is 12.7. The summed E-state index contributed by atoms with van der Waals surface area (Å²) in [6.45, 7) is 3.45. The molecule has 0 aliphatic heterocycles. The van der Waals surface area contributed by atoms with Gasteiger partial charge >= 0.3 is 5.97 Å². The quantitative estimate of drug-likeness (QED) is 0.723. The molecule has 0 spiro atoms. The fraction of sp³-hybridized carbons (Fsp3) is 0.462. The van der Waals surface area contributed by atoms with Crippen molar-refractivity contribution in [2.75, 3.05) is 0 Å². The number of hydrogen-bond donors (Lipinski definition) is 3. The van der Waals surface area contributed by atoms with Crippen molar-refractivity contribution in [3.8, 4) is 0 Å². The second-order valence-electron chi connectivity index (χ2n) is 4.25. The maximum atomic E-state index is 12.7. The molecule has 1 rings (SSSR count). The van der Waals surface area contributed by atoms with Gasteiger partial charge in [0, 0.05) is 6.04 Å². The van der Waals surface area contributed by atoms with E-state index in [9.17, 15) is 14.3 Å². The van der Waals surface area contributed by atoms with Gasteiger partial charge in [-0.2, -0.15) is 0 Å². The number of carbonyl (C=O) groups is 1. The predicted octanol–water partition coefficient (Wildman–Crippen LogP) is 1.70. The second-order valence-corrected chi connectivity index (χ2v) is 4.25. The fourth-order valence-electron chi connectivity index (χ4n) is 1.72. The van der Waals surface area contributed by atoms with Gasteiger partial charge in [-0.25, -0.2) is 4.39 Å². The van der Waals surface area contributed by atoms with Crippen LogP contribution in [0.2, 0.25) is 0 Å². The molecule has 4 nitrogen and oxygen atoms in total. The minimum Gasteiger partial charge on any atom is -0.480 e. The highest BCUT2D eigenvalue weighted by atomic mass is 19.1. The molecule has 18 heavy (non-hydrogen) atoms. The SMILES string of the molecule is CCC(NC(C)C(O)c1ccc(F)cc1)C(=O)O. The summed E-state index contributed by atoms with van der Waals surface area (Å²) in [7, 11) is 0. The van der Waals surface area contributed by atoms with Crippen LogP contribution in [0, 0.1) is 5.82 Å². The van der Waals surface area contributed by atoms with Crippen LogP contribution in [-0.4, -0.2) is 28.3 Å². The molecule has 0 radical (unpaired) electrons. The summed E-state index contributed by atoms with van der Waals surface area (Å²) in [6.07, 6.45) is -0.450. The molecule has 0 amide bonds. The number of carboxylic acid groups (broad SMARTS) is 1.